The first kappa shape index (κ1) is 14.6. The van der Waals surface area contributed by atoms with Crippen LogP contribution in [-0.2, 0) is 11.3 Å². The summed E-state index contributed by atoms with van der Waals surface area (Å²) in [5.41, 5.74) is 0.128. The molecule has 2 aromatic rings. The van der Waals surface area contributed by atoms with Crippen LogP contribution in [0.3, 0.4) is 0 Å². The number of rotatable bonds is 5. The zero-order valence-corrected chi connectivity index (χ0v) is 13.6. The van der Waals surface area contributed by atoms with E-state index < -0.39 is 5.54 Å². The van der Waals surface area contributed by atoms with E-state index in [4.69, 9.17) is 4.42 Å². The van der Waals surface area contributed by atoms with Crippen LogP contribution in [0.15, 0.2) is 34.7 Å². The molecule has 128 valence electrons. The van der Waals surface area contributed by atoms with Crippen LogP contribution in [-0.4, -0.2) is 32.6 Å². The summed E-state index contributed by atoms with van der Waals surface area (Å²) in [7, 11) is 0. The summed E-state index contributed by atoms with van der Waals surface area (Å²) in [4.78, 5) is 26.7. The van der Waals surface area contributed by atoms with Gasteiger partial charge in [0, 0.05) is 5.56 Å². The van der Waals surface area contributed by atoms with E-state index in [9.17, 15) is 9.59 Å². The molecule has 2 aliphatic carbocycles. The fourth-order valence-electron chi connectivity index (χ4n) is 3.87. The molecule has 0 spiro atoms. The Morgan fingerprint density at radius 1 is 1.08 bits per heavy atom. The van der Waals surface area contributed by atoms with E-state index in [1.807, 2.05) is 30.3 Å². The lowest BCUT2D eigenvalue weighted by atomic mass is 9.87. The molecule has 1 saturated heterocycles. The Kier molecular flexibility index (Phi) is 3.01. The van der Waals surface area contributed by atoms with Crippen molar-refractivity contribution in [2.75, 3.05) is 0 Å². The standard InChI is InChI=1S/C18H18N4O3/c23-16-18(12-6-7-12,13-8-9-13)19-17(24)22(16)10-14-20-21-15(25-14)11-4-2-1-3-5-11/h1-5,12-13H,6-10H2,(H,19,24). The number of hydrogen-bond acceptors (Lipinski definition) is 5. The van der Waals surface area contributed by atoms with Gasteiger partial charge in [0.2, 0.25) is 11.8 Å². The van der Waals surface area contributed by atoms with Crippen molar-refractivity contribution >= 4 is 11.9 Å². The van der Waals surface area contributed by atoms with Crippen LogP contribution < -0.4 is 5.32 Å². The highest BCUT2D eigenvalue weighted by molar-refractivity contribution is 6.07. The summed E-state index contributed by atoms with van der Waals surface area (Å²) in [6, 6.07) is 9.07. The van der Waals surface area contributed by atoms with Gasteiger partial charge in [0.15, 0.2) is 0 Å². The van der Waals surface area contributed by atoms with E-state index in [1.165, 1.54) is 4.90 Å². The first-order valence-electron chi connectivity index (χ1n) is 8.70. The first-order chi connectivity index (χ1) is 12.2. The van der Waals surface area contributed by atoms with E-state index in [2.05, 4.69) is 15.5 Å². The molecule has 1 aromatic carbocycles. The summed E-state index contributed by atoms with van der Waals surface area (Å²) in [5.74, 6) is 1.10. The second kappa shape index (κ2) is 5.15. The number of nitrogens with one attached hydrogen (secondary N) is 1. The van der Waals surface area contributed by atoms with Crippen LogP contribution in [0.25, 0.3) is 11.5 Å². The predicted octanol–water partition coefficient (Wildman–Crippen LogP) is 2.35. The maximum absolute atomic E-state index is 13.0. The molecule has 0 radical (unpaired) electrons. The average molecular weight is 338 g/mol. The molecule has 3 fully saturated rings. The molecule has 0 bridgehead atoms. The van der Waals surface area contributed by atoms with Crippen molar-refractivity contribution in [3.8, 4) is 11.5 Å². The third-order valence-electron chi connectivity index (χ3n) is 5.38. The van der Waals surface area contributed by atoms with Crippen LogP contribution in [0.4, 0.5) is 4.79 Å². The highest BCUT2D eigenvalue weighted by atomic mass is 16.4. The molecule has 0 unspecified atom stereocenters. The third-order valence-corrected chi connectivity index (χ3v) is 5.38. The molecular weight excluding hydrogens is 320 g/mol. The van der Waals surface area contributed by atoms with Gasteiger partial charge in [0.05, 0.1) is 0 Å². The molecule has 2 saturated carbocycles. The van der Waals surface area contributed by atoms with Gasteiger partial charge in [0.1, 0.15) is 12.1 Å². The number of benzene rings is 1. The third kappa shape index (κ3) is 2.26. The molecule has 3 amide bonds. The molecule has 2 heterocycles. The fraction of sp³-hybridized carbons (Fsp3) is 0.444. The minimum atomic E-state index is -0.681. The van der Waals surface area contributed by atoms with Crippen LogP contribution in [0.1, 0.15) is 31.6 Å². The minimum Gasteiger partial charge on any atom is -0.419 e. The van der Waals surface area contributed by atoms with Gasteiger partial charge >= 0.3 is 6.03 Å². The van der Waals surface area contributed by atoms with Crippen molar-refractivity contribution < 1.29 is 14.0 Å². The van der Waals surface area contributed by atoms with Crippen LogP contribution in [0.5, 0.6) is 0 Å². The first-order valence-corrected chi connectivity index (χ1v) is 8.70. The van der Waals surface area contributed by atoms with E-state index in [-0.39, 0.29) is 36.2 Å². The smallest absolute Gasteiger partial charge is 0.325 e. The lowest BCUT2D eigenvalue weighted by Crippen LogP contribution is -2.51. The number of carbonyl (C=O) groups is 2. The monoisotopic (exact) mass is 338 g/mol. The molecule has 1 aliphatic heterocycles. The van der Waals surface area contributed by atoms with E-state index in [0.29, 0.717) is 5.89 Å². The molecule has 7 heteroatoms. The Labute approximate surface area is 144 Å². The minimum absolute atomic E-state index is 0.0195. The molecule has 1 aromatic heterocycles. The number of imide groups is 1. The number of nitrogens with zero attached hydrogens (tertiary/aromatic N) is 3. The maximum Gasteiger partial charge on any atom is 0.325 e. The van der Waals surface area contributed by atoms with E-state index in [0.717, 1.165) is 31.2 Å². The van der Waals surface area contributed by atoms with Gasteiger partial charge in [-0.3, -0.25) is 9.69 Å². The zero-order chi connectivity index (χ0) is 17.0. The largest absolute Gasteiger partial charge is 0.419 e. The van der Waals surface area contributed by atoms with Crippen LogP contribution >= 0.6 is 0 Å². The van der Waals surface area contributed by atoms with Crippen molar-refractivity contribution in [3.05, 3.63) is 36.2 Å². The van der Waals surface area contributed by atoms with Gasteiger partial charge in [-0.05, 0) is 49.7 Å². The normalized spacial score (nSPS) is 22.3. The topological polar surface area (TPSA) is 88.3 Å². The van der Waals surface area contributed by atoms with Gasteiger partial charge in [-0.15, -0.1) is 10.2 Å². The molecule has 7 nitrogen and oxygen atoms in total. The summed E-state index contributed by atoms with van der Waals surface area (Å²) < 4.78 is 5.65. The summed E-state index contributed by atoms with van der Waals surface area (Å²) in [6.07, 6.45) is 4.04. The molecule has 5 rings (SSSR count). The Balaban J connectivity index is 1.38. The van der Waals surface area contributed by atoms with Gasteiger partial charge < -0.3 is 9.73 Å². The second-order valence-electron chi connectivity index (χ2n) is 7.11. The molecule has 1 N–H and O–H groups in total. The van der Waals surface area contributed by atoms with Crippen molar-refractivity contribution in [1.82, 2.24) is 20.4 Å². The fourth-order valence-corrected chi connectivity index (χ4v) is 3.87. The Hall–Kier alpha value is -2.70. The SMILES string of the molecule is O=C1NC(C2CC2)(C2CC2)C(=O)N1Cc1nnc(-c2ccccc2)o1. The second-order valence-corrected chi connectivity index (χ2v) is 7.11. The van der Waals surface area contributed by atoms with Gasteiger partial charge in [-0.2, -0.15) is 0 Å². The van der Waals surface area contributed by atoms with Crippen molar-refractivity contribution in [2.24, 2.45) is 11.8 Å². The van der Waals surface area contributed by atoms with Crippen molar-refractivity contribution in [3.63, 3.8) is 0 Å². The number of hydrogen-bond donors (Lipinski definition) is 1. The highest BCUT2D eigenvalue weighted by Gasteiger charge is 2.65. The van der Waals surface area contributed by atoms with Crippen molar-refractivity contribution in [1.29, 1.82) is 0 Å². The highest BCUT2D eigenvalue weighted by Crippen LogP contribution is 2.54. The van der Waals surface area contributed by atoms with Gasteiger partial charge in [-0.1, -0.05) is 18.2 Å². The summed E-state index contributed by atoms with van der Waals surface area (Å²) in [5, 5.41) is 11.0. The van der Waals surface area contributed by atoms with E-state index in [1.54, 1.807) is 0 Å². The average Bonchev–Trinajstić information content (AvgIpc) is 3.55. The molecule has 3 aliphatic rings. The predicted molar refractivity (Wildman–Crippen MR) is 87.0 cm³/mol. The molecule has 25 heavy (non-hydrogen) atoms. The number of amides is 3. The Morgan fingerprint density at radius 2 is 1.76 bits per heavy atom. The quantitative estimate of drug-likeness (QED) is 0.846. The van der Waals surface area contributed by atoms with Crippen molar-refractivity contribution in [2.45, 2.75) is 37.8 Å². The molecule has 0 atom stereocenters. The summed E-state index contributed by atoms with van der Waals surface area (Å²) >= 11 is 0. The Bertz CT molecular complexity index is 827. The number of urea groups is 1. The lowest BCUT2D eigenvalue weighted by Gasteiger charge is -2.26. The lowest BCUT2D eigenvalue weighted by molar-refractivity contribution is -0.133. The number of aromatic nitrogens is 2. The van der Waals surface area contributed by atoms with E-state index >= 15 is 0 Å². The maximum atomic E-state index is 13.0. The zero-order valence-electron chi connectivity index (χ0n) is 13.6. The number of carbonyl (C=O) groups excluding carboxylic acids is 2. The van der Waals surface area contributed by atoms with Crippen LogP contribution in [0.2, 0.25) is 0 Å². The van der Waals surface area contributed by atoms with Gasteiger partial charge in [0.25, 0.3) is 5.91 Å². The molecular formula is C18H18N4O3. The van der Waals surface area contributed by atoms with Crippen LogP contribution in [0, 0.1) is 11.8 Å². The van der Waals surface area contributed by atoms with Gasteiger partial charge in [-0.25, -0.2) is 4.79 Å². The Morgan fingerprint density at radius 3 is 2.40 bits per heavy atom. The summed E-state index contributed by atoms with van der Waals surface area (Å²) in [6.45, 7) is 0.0195.